The van der Waals surface area contributed by atoms with Crippen molar-refractivity contribution in [2.24, 2.45) is 0 Å². The number of halogens is 2. The van der Waals surface area contributed by atoms with Gasteiger partial charge >= 0.3 is 0 Å². The fraction of sp³-hybridized carbons (Fsp3) is 0.0556. The van der Waals surface area contributed by atoms with Gasteiger partial charge in [-0.3, -0.25) is 0 Å². The average molecular weight is 614 g/mol. The summed E-state index contributed by atoms with van der Waals surface area (Å²) in [6.45, 7) is 0. The molecule has 0 unspecified atom stereocenters. The van der Waals surface area contributed by atoms with Crippen LogP contribution >= 0.6 is 31.9 Å². The number of rotatable bonds is 2. The Labute approximate surface area is 238 Å². The van der Waals surface area contributed by atoms with Crippen LogP contribution < -0.4 is 0 Å². The van der Waals surface area contributed by atoms with Gasteiger partial charge in [0.1, 0.15) is 0 Å². The second-order valence-corrected chi connectivity index (χ2v) is 12.0. The van der Waals surface area contributed by atoms with Gasteiger partial charge in [-0.05, 0) is 114 Å². The van der Waals surface area contributed by atoms with Crippen molar-refractivity contribution in [3.63, 3.8) is 0 Å². The molecule has 7 aromatic carbocycles. The molecule has 0 heterocycles. The molecule has 0 amide bonds. The lowest BCUT2D eigenvalue weighted by Gasteiger charge is -2.19. The second-order valence-electron chi connectivity index (χ2n) is 10.3. The highest BCUT2D eigenvalue weighted by Gasteiger charge is 2.19. The zero-order valence-corrected chi connectivity index (χ0v) is 23.7. The van der Waals surface area contributed by atoms with Crippen LogP contribution in [0.15, 0.2) is 112 Å². The molecule has 0 saturated carbocycles. The maximum Gasteiger partial charge on any atom is 0.0260 e. The van der Waals surface area contributed by atoms with Crippen molar-refractivity contribution in [1.82, 2.24) is 0 Å². The molecule has 0 nitrogen and oxygen atoms in total. The van der Waals surface area contributed by atoms with Crippen molar-refractivity contribution in [2.75, 3.05) is 0 Å². The Bertz CT molecular complexity index is 2100. The lowest BCUT2D eigenvalue weighted by atomic mass is 9.86. The Hall–Kier alpha value is -3.46. The minimum Gasteiger partial charge on any atom is -0.0836 e. The molecule has 0 saturated heterocycles. The minimum absolute atomic E-state index is 1.12. The summed E-state index contributed by atoms with van der Waals surface area (Å²) < 4.78 is 2.26. The van der Waals surface area contributed by atoms with E-state index in [1.165, 1.54) is 76.5 Å². The summed E-state index contributed by atoms with van der Waals surface area (Å²) in [5.41, 5.74) is 7.82. The van der Waals surface area contributed by atoms with E-state index in [2.05, 4.69) is 141 Å². The zero-order chi connectivity index (χ0) is 25.4. The fourth-order valence-corrected chi connectivity index (χ4v) is 7.45. The van der Waals surface area contributed by atoms with Gasteiger partial charge in [-0.1, -0.05) is 117 Å². The van der Waals surface area contributed by atoms with Gasteiger partial charge in [-0.25, -0.2) is 0 Å². The van der Waals surface area contributed by atoms with Crippen LogP contribution in [0.1, 0.15) is 17.5 Å². The quantitative estimate of drug-likeness (QED) is 0.170. The highest BCUT2D eigenvalue weighted by atomic mass is 79.9. The number of allylic oxidation sites excluding steroid dienone is 1. The zero-order valence-electron chi connectivity index (χ0n) is 20.6. The smallest absolute Gasteiger partial charge is 0.0260 e. The van der Waals surface area contributed by atoms with Gasteiger partial charge in [0.15, 0.2) is 0 Å². The van der Waals surface area contributed by atoms with Gasteiger partial charge in [0.2, 0.25) is 0 Å². The highest BCUT2D eigenvalue weighted by molar-refractivity contribution is 9.11. The maximum atomic E-state index is 3.95. The third kappa shape index (κ3) is 3.33. The van der Waals surface area contributed by atoms with Crippen LogP contribution in [0.4, 0.5) is 0 Å². The Morgan fingerprint density at radius 2 is 1.13 bits per heavy atom. The van der Waals surface area contributed by atoms with Gasteiger partial charge in [0.25, 0.3) is 0 Å². The molecule has 7 aromatic rings. The summed E-state index contributed by atoms with van der Waals surface area (Å²) in [6, 6.07) is 36.1. The predicted octanol–water partition coefficient (Wildman–Crippen LogP) is 11.6. The molecule has 8 rings (SSSR count). The largest absolute Gasteiger partial charge is 0.0836 e. The first kappa shape index (κ1) is 22.5. The van der Waals surface area contributed by atoms with E-state index in [-0.39, 0.29) is 0 Å². The molecule has 0 fully saturated rings. The Morgan fingerprint density at radius 3 is 1.84 bits per heavy atom. The Morgan fingerprint density at radius 1 is 0.526 bits per heavy atom. The molecule has 0 radical (unpaired) electrons. The predicted molar refractivity (Wildman–Crippen MR) is 171 cm³/mol. The van der Waals surface area contributed by atoms with E-state index < -0.39 is 0 Å². The Balaban J connectivity index is 1.45. The van der Waals surface area contributed by atoms with Crippen molar-refractivity contribution >= 4 is 81.0 Å². The first-order valence-corrected chi connectivity index (χ1v) is 14.6. The molecular formula is C36H22Br2. The summed E-state index contributed by atoms with van der Waals surface area (Å²) in [7, 11) is 0. The molecule has 1 aliphatic carbocycles. The molecule has 180 valence electrons. The molecule has 0 spiro atoms. The lowest BCUT2D eigenvalue weighted by molar-refractivity contribution is 0.986. The van der Waals surface area contributed by atoms with E-state index in [0.717, 1.165) is 21.8 Å². The van der Waals surface area contributed by atoms with Gasteiger partial charge in [0, 0.05) is 8.95 Å². The lowest BCUT2D eigenvalue weighted by Crippen LogP contribution is -1.95. The molecular weight excluding hydrogens is 592 g/mol. The summed E-state index contributed by atoms with van der Waals surface area (Å²) in [6.07, 6.45) is 6.82. The van der Waals surface area contributed by atoms with E-state index in [1.54, 1.807) is 0 Å². The fourth-order valence-electron chi connectivity index (χ4n) is 6.34. The summed E-state index contributed by atoms with van der Waals surface area (Å²) in [5.74, 6) is 0. The maximum absolute atomic E-state index is 3.95. The van der Waals surface area contributed by atoms with E-state index in [1.807, 2.05) is 0 Å². The van der Waals surface area contributed by atoms with Crippen LogP contribution in [0.3, 0.4) is 0 Å². The SMILES string of the molecule is Brc1cc(-c2ccc3c(c2)C=CCC3)c2ccc3c(Br)cc(-c4ccc5ccccc5c4)c4ccc1c2c34. The highest BCUT2D eigenvalue weighted by Crippen LogP contribution is 2.47. The number of benzene rings is 7. The van der Waals surface area contributed by atoms with E-state index >= 15 is 0 Å². The van der Waals surface area contributed by atoms with Gasteiger partial charge < -0.3 is 0 Å². The van der Waals surface area contributed by atoms with E-state index in [4.69, 9.17) is 0 Å². The molecule has 2 heteroatoms. The van der Waals surface area contributed by atoms with Crippen LogP contribution in [-0.2, 0) is 6.42 Å². The molecule has 38 heavy (non-hydrogen) atoms. The van der Waals surface area contributed by atoms with Crippen molar-refractivity contribution in [2.45, 2.75) is 12.8 Å². The standard InChI is InChI=1S/C36H22Br2/c37-33-19-31(25-11-9-21-5-1-3-7-23(21)17-25)27-13-15-30-34(38)20-32(28-14-16-29(33)35(27)36(28)30)26-12-10-22-6-2-4-8-24(22)18-26/h1,3-5,7-20H,2,6H2. The monoisotopic (exact) mass is 612 g/mol. The van der Waals surface area contributed by atoms with E-state index in [9.17, 15) is 0 Å². The molecule has 0 atom stereocenters. The number of hydrogen-bond donors (Lipinski definition) is 0. The first-order chi connectivity index (χ1) is 18.7. The molecule has 0 aliphatic heterocycles. The first-order valence-electron chi connectivity index (χ1n) is 13.0. The summed E-state index contributed by atoms with van der Waals surface area (Å²) in [5, 5.41) is 10.2. The van der Waals surface area contributed by atoms with Crippen LogP contribution in [0.25, 0.3) is 71.4 Å². The third-order valence-electron chi connectivity index (χ3n) is 8.19. The second kappa shape index (κ2) is 8.53. The van der Waals surface area contributed by atoms with Crippen molar-refractivity contribution in [1.29, 1.82) is 0 Å². The van der Waals surface area contributed by atoms with Crippen LogP contribution in [0.2, 0.25) is 0 Å². The molecule has 0 bridgehead atoms. The summed E-state index contributed by atoms with van der Waals surface area (Å²) >= 11 is 7.89. The number of hydrogen-bond acceptors (Lipinski definition) is 0. The van der Waals surface area contributed by atoms with Crippen molar-refractivity contribution in [3.05, 3.63) is 123 Å². The van der Waals surface area contributed by atoms with Crippen molar-refractivity contribution < 1.29 is 0 Å². The number of aryl methyl sites for hydroxylation is 1. The average Bonchev–Trinajstić information content (AvgIpc) is 2.97. The van der Waals surface area contributed by atoms with Crippen LogP contribution in [0, 0.1) is 0 Å². The summed E-state index contributed by atoms with van der Waals surface area (Å²) in [4.78, 5) is 0. The molecule has 1 aliphatic rings. The molecule has 0 aromatic heterocycles. The topological polar surface area (TPSA) is 0 Å². The van der Waals surface area contributed by atoms with Gasteiger partial charge in [-0.2, -0.15) is 0 Å². The van der Waals surface area contributed by atoms with Gasteiger partial charge in [0.05, 0.1) is 0 Å². The molecule has 0 N–H and O–H groups in total. The van der Waals surface area contributed by atoms with Crippen LogP contribution in [-0.4, -0.2) is 0 Å². The normalized spacial score (nSPS) is 13.2. The minimum atomic E-state index is 1.12. The number of fused-ring (bicyclic) bond motifs is 2. The van der Waals surface area contributed by atoms with Crippen molar-refractivity contribution in [3.8, 4) is 22.3 Å². The third-order valence-corrected chi connectivity index (χ3v) is 9.51. The Kier molecular flexibility index (Phi) is 5.05. The van der Waals surface area contributed by atoms with E-state index in [0.29, 0.717) is 0 Å². The van der Waals surface area contributed by atoms with Crippen LogP contribution in [0.5, 0.6) is 0 Å². The van der Waals surface area contributed by atoms with Gasteiger partial charge in [-0.15, -0.1) is 0 Å².